The minimum absolute atomic E-state index is 0.160. The van der Waals surface area contributed by atoms with Crippen molar-refractivity contribution in [2.24, 2.45) is 5.92 Å². The van der Waals surface area contributed by atoms with Gasteiger partial charge >= 0.3 is 6.09 Å². The van der Waals surface area contributed by atoms with Gasteiger partial charge in [-0.05, 0) is 79.9 Å². The van der Waals surface area contributed by atoms with E-state index in [4.69, 9.17) is 16.3 Å². The van der Waals surface area contributed by atoms with Crippen molar-refractivity contribution < 1.29 is 14.3 Å². The fourth-order valence-electron chi connectivity index (χ4n) is 5.15. The Morgan fingerprint density at radius 2 is 2.03 bits per heavy atom. The fourth-order valence-corrected chi connectivity index (χ4v) is 5.90. The average Bonchev–Trinajstić information content (AvgIpc) is 3.02. The van der Waals surface area contributed by atoms with Crippen LogP contribution in [0.15, 0.2) is 28.9 Å². The van der Waals surface area contributed by atoms with Crippen molar-refractivity contribution in [3.8, 4) is 0 Å². The first kappa shape index (κ1) is 23.3. The van der Waals surface area contributed by atoms with Crippen LogP contribution in [0.25, 0.3) is 16.5 Å². The minimum atomic E-state index is -0.732. The Kier molecular flexibility index (Phi) is 6.20. The molecule has 0 radical (unpaired) electrons. The van der Waals surface area contributed by atoms with Crippen molar-refractivity contribution in [1.29, 1.82) is 0 Å². The number of benzene rings is 1. The molecule has 0 spiro atoms. The van der Waals surface area contributed by atoms with E-state index in [1.165, 1.54) is 0 Å². The molecule has 4 rings (SSSR count). The highest BCUT2D eigenvalue weighted by atomic mass is 79.9. The highest BCUT2D eigenvalue weighted by Gasteiger charge is 2.46. The third-order valence-corrected chi connectivity index (χ3v) is 7.86. The Hall–Kier alpha value is -1.83. The van der Waals surface area contributed by atoms with Gasteiger partial charge in [0.05, 0.1) is 16.0 Å². The monoisotopic (exact) mass is 521 g/mol. The van der Waals surface area contributed by atoms with E-state index in [0.717, 1.165) is 27.6 Å². The summed E-state index contributed by atoms with van der Waals surface area (Å²) in [5.41, 5.74) is 3.01. The van der Waals surface area contributed by atoms with Crippen molar-refractivity contribution >= 4 is 56.0 Å². The molecule has 8 heteroatoms. The van der Waals surface area contributed by atoms with Crippen molar-refractivity contribution in [2.75, 3.05) is 26.7 Å². The molecule has 2 aliphatic rings. The number of nitrogens with zero attached hydrogens (tertiary/aromatic N) is 3. The molecule has 0 fully saturated rings. The number of ether oxygens (including phenoxy) is 1. The lowest BCUT2D eigenvalue weighted by atomic mass is 9.71. The standard InChI is InChI=1S/C24H29BrClN3O3/c1-6-28(7-2)22(30)15-11-18-16-9-8-10-19-20(16)17(12-24(18,4)27(5)13-15)21(25)29(19)23(31)32-14(3)26/h8-11,14-15H,6-7,12-13H2,1-5H3/t14?,15-,24-/m1/s1. The Labute approximate surface area is 202 Å². The summed E-state index contributed by atoms with van der Waals surface area (Å²) >= 11 is 9.59. The van der Waals surface area contributed by atoms with E-state index in [1.54, 1.807) is 11.5 Å². The molecule has 0 saturated heterocycles. The van der Waals surface area contributed by atoms with E-state index in [0.29, 0.717) is 30.7 Å². The summed E-state index contributed by atoms with van der Waals surface area (Å²) in [4.78, 5) is 30.2. The zero-order valence-corrected chi connectivity index (χ0v) is 21.5. The maximum atomic E-state index is 13.2. The fraction of sp³-hybridized carbons (Fsp3) is 0.500. The van der Waals surface area contributed by atoms with Gasteiger partial charge in [0, 0.05) is 30.6 Å². The van der Waals surface area contributed by atoms with Crippen LogP contribution < -0.4 is 0 Å². The van der Waals surface area contributed by atoms with Gasteiger partial charge in [0.25, 0.3) is 0 Å². The highest BCUT2D eigenvalue weighted by molar-refractivity contribution is 9.10. The molecular formula is C24H29BrClN3O3. The molecule has 1 amide bonds. The lowest BCUT2D eigenvalue weighted by Gasteiger charge is -2.48. The first-order valence-corrected chi connectivity index (χ1v) is 12.3. The number of alkyl halides is 1. The minimum Gasteiger partial charge on any atom is -0.429 e. The first-order chi connectivity index (χ1) is 15.1. The highest BCUT2D eigenvalue weighted by Crippen LogP contribution is 2.49. The van der Waals surface area contributed by atoms with Crippen LogP contribution in [-0.2, 0) is 16.0 Å². The number of carbonyl (C=O) groups excluding carboxylic acids is 2. The van der Waals surface area contributed by atoms with Crippen LogP contribution in [0.5, 0.6) is 0 Å². The number of halogens is 2. The zero-order valence-electron chi connectivity index (χ0n) is 19.1. The second-order valence-electron chi connectivity index (χ2n) is 8.76. The van der Waals surface area contributed by atoms with Crippen LogP contribution in [0.4, 0.5) is 4.79 Å². The number of hydrogen-bond donors (Lipinski definition) is 0. The third-order valence-electron chi connectivity index (χ3n) is 6.94. The summed E-state index contributed by atoms with van der Waals surface area (Å²) in [6, 6.07) is 5.95. The van der Waals surface area contributed by atoms with Gasteiger partial charge in [-0.2, -0.15) is 0 Å². The molecule has 2 aromatic rings. The van der Waals surface area contributed by atoms with Gasteiger partial charge in [0.15, 0.2) is 5.56 Å². The second-order valence-corrected chi connectivity index (χ2v) is 10.1. The van der Waals surface area contributed by atoms with E-state index in [1.807, 2.05) is 30.9 Å². The number of hydrogen-bond acceptors (Lipinski definition) is 4. The summed E-state index contributed by atoms with van der Waals surface area (Å²) in [5, 5.41) is 1.02. The van der Waals surface area contributed by atoms with Gasteiger partial charge in [0.2, 0.25) is 5.91 Å². The molecule has 1 aromatic heterocycles. The topological polar surface area (TPSA) is 54.8 Å². The van der Waals surface area contributed by atoms with Crippen molar-refractivity contribution in [2.45, 2.75) is 45.2 Å². The van der Waals surface area contributed by atoms with Crippen LogP contribution in [0, 0.1) is 5.92 Å². The Balaban J connectivity index is 1.90. The largest absolute Gasteiger partial charge is 0.429 e. The van der Waals surface area contributed by atoms with E-state index in [-0.39, 0.29) is 17.4 Å². The Bertz CT molecular complexity index is 1120. The number of carbonyl (C=O) groups is 2. The lowest BCUT2D eigenvalue weighted by molar-refractivity contribution is -0.134. The Morgan fingerprint density at radius 3 is 2.66 bits per heavy atom. The number of likely N-dealkylation sites (N-methyl/N-ethyl adjacent to an activating group) is 1. The number of rotatable bonds is 4. The summed E-state index contributed by atoms with van der Waals surface area (Å²) < 4.78 is 7.53. The number of aromatic nitrogens is 1. The molecule has 1 aliphatic heterocycles. The van der Waals surface area contributed by atoms with E-state index >= 15 is 0 Å². The van der Waals surface area contributed by atoms with Crippen LogP contribution in [0.2, 0.25) is 0 Å². The molecule has 1 aliphatic carbocycles. The predicted octanol–water partition coefficient (Wildman–Crippen LogP) is 5.10. The molecule has 2 heterocycles. The summed E-state index contributed by atoms with van der Waals surface area (Å²) in [5.74, 6) is -0.0415. The Morgan fingerprint density at radius 1 is 1.34 bits per heavy atom. The summed E-state index contributed by atoms with van der Waals surface area (Å²) in [7, 11) is 2.08. The van der Waals surface area contributed by atoms with E-state index < -0.39 is 11.7 Å². The van der Waals surface area contributed by atoms with Crippen molar-refractivity contribution in [3.05, 3.63) is 40.0 Å². The molecule has 0 bridgehead atoms. The van der Waals surface area contributed by atoms with Gasteiger partial charge in [-0.15, -0.1) is 0 Å². The molecule has 1 aromatic carbocycles. The van der Waals surface area contributed by atoms with Crippen molar-refractivity contribution in [3.63, 3.8) is 0 Å². The quantitative estimate of drug-likeness (QED) is 0.524. The molecule has 0 saturated carbocycles. The molecule has 172 valence electrons. The first-order valence-electron chi connectivity index (χ1n) is 11.0. The van der Waals surface area contributed by atoms with Gasteiger partial charge in [-0.25, -0.2) is 9.36 Å². The van der Waals surface area contributed by atoms with Crippen LogP contribution >= 0.6 is 27.5 Å². The van der Waals surface area contributed by atoms with Gasteiger partial charge in [-0.1, -0.05) is 29.8 Å². The molecular weight excluding hydrogens is 494 g/mol. The average molecular weight is 523 g/mol. The third kappa shape index (κ3) is 3.49. The SMILES string of the molecule is CCN(CC)C(=O)[C@@H]1C=C2c3cccc4c3c(c(Br)n4C(=O)OC(C)Cl)C[C@@]2(C)N(C)C1. The van der Waals surface area contributed by atoms with Gasteiger partial charge in [-0.3, -0.25) is 9.69 Å². The van der Waals surface area contributed by atoms with Crippen LogP contribution in [0.1, 0.15) is 38.8 Å². The number of amides is 1. The van der Waals surface area contributed by atoms with Gasteiger partial charge < -0.3 is 9.64 Å². The zero-order chi connectivity index (χ0) is 23.4. The normalized spacial score (nSPS) is 23.5. The predicted molar refractivity (Wildman–Crippen MR) is 131 cm³/mol. The molecule has 1 unspecified atom stereocenters. The maximum Gasteiger partial charge on any atom is 0.420 e. The van der Waals surface area contributed by atoms with E-state index in [2.05, 4.69) is 46.9 Å². The van der Waals surface area contributed by atoms with Crippen molar-refractivity contribution in [1.82, 2.24) is 14.4 Å². The smallest absolute Gasteiger partial charge is 0.420 e. The van der Waals surface area contributed by atoms with E-state index in [9.17, 15) is 9.59 Å². The lowest BCUT2D eigenvalue weighted by Crippen LogP contribution is -2.54. The number of fused-ring (bicyclic) bond motifs is 2. The van der Waals surface area contributed by atoms with Gasteiger partial charge in [0.1, 0.15) is 0 Å². The van der Waals surface area contributed by atoms with Crippen LogP contribution in [-0.4, -0.2) is 64.2 Å². The molecule has 32 heavy (non-hydrogen) atoms. The maximum absolute atomic E-state index is 13.2. The molecule has 3 atom stereocenters. The molecule has 6 nitrogen and oxygen atoms in total. The second kappa shape index (κ2) is 8.50. The summed E-state index contributed by atoms with van der Waals surface area (Å²) in [6.07, 6.45) is 2.36. The summed E-state index contributed by atoms with van der Waals surface area (Å²) in [6.45, 7) is 9.91. The molecule has 0 N–H and O–H groups in total. The van der Waals surface area contributed by atoms with Crippen LogP contribution in [0.3, 0.4) is 0 Å².